The van der Waals surface area contributed by atoms with Gasteiger partial charge in [0, 0.05) is 4.47 Å². The summed E-state index contributed by atoms with van der Waals surface area (Å²) >= 11 is 3.44. The Bertz CT molecular complexity index is 642. The summed E-state index contributed by atoms with van der Waals surface area (Å²) in [6.45, 7) is 3.57. The van der Waals surface area contributed by atoms with Gasteiger partial charge in [0.1, 0.15) is 0 Å². The maximum Gasteiger partial charge on any atom is 0.253 e. The zero-order valence-electron chi connectivity index (χ0n) is 12.1. The fourth-order valence-corrected chi connectivity index (χ4v) is 2.59. The van der Waals surface area contributed by atoms with Crippen LogP contribution in [0.3, 0.4) is 0 Å². The van der Waals surface area contributed by atoms with Gasteiger partial charge >= 0.3 is 0 Å². The minimum atomic E-state index is -0.818. The van der Waals surface area contributed by atoms with E-state index in [9.17, 15) is 9.90 Å². The van der Waals surface area contributed by atoms with Gasteiger partial charge in [-0.2, -0.15) is 0 Å². The molecule has 0 saturated heterocycles. The summed E-state index contributed by atoms with van der Waals surface area (Å²) in [5.74, 6) is -0.217. The number of aliphatic hydroxyl groups is 1. The molecule has 0 radical (unpaired) electrons. The third-order valence-corrected chi connectivity index (χ3v) is 4.61. The summed E-state index contributed by atoms with van der Waals surface area (Å²) in [4.78, 5) is 12.5. The monoisotopic (exact) mass is 347 g/mol. The molecule has 2 aromatic rings. The second-order valence-electron chi connectivity index (χ2n) is 5.25. The highest BCUT2D eigenvalue weighted by Gasteiger charge is 2.28. The zero-order chi connectivity index (χ0) is 15.5. The standard InChI is InChI=1S/C17H18BrNO2/c1-12-7-6-10-14(15(12)18)16(21)19-17(2,11-20)13-8-4-3-5-9-13/h3-10,20H,11H2,1-2H3,(H,19,21). The van der Waals surface area contributed by atoms with E-state index in [1.807, 2.05) is 56.3 Å². The first-order chi connectivity index (χ1) is 9.98. The highest BCUT2D eigenvalue weighted by molar-refractivity contribution is 9.10. The summed E-state index contributed by atoms with van der Waals surface area (Å²) in [6.07, 6.45) is 0. The lowest BCUT2D eigenvalue weighted by atomic mass is 9.92. The summed E-state index contributed by atoms with van der Waals surface area (Å²) in [5.41, 5.74) is 1.60. The summed E-state index contributed by atoms with van der Waals surface area (Å²) < 4.78 is 0.774. The average Bonchev–Trinajstić information content (AvgIpc) is 2.50. The predicted molar refractivity (Wildman–Crippen MR) is 87.2 cm³/mol. The van der Waals surface area contributed by atoms with Crippen LogP contribution in [0.5, 0.6) is 0 Å². The van der Waals surface area contributed by atoms with Crippen molar-refractivity contribution < 1.29 is 9.90 Å². The quantitative estimate of drug-likeness (QED) is 0.890. The average molecular weight is 348 g/mol. The van der Waals surface area contributed by atoms with Crippen LogP contribution in [0.2, 0.25) is 0 Å². The molecule has 0 fully saturated rings. The van der Waals surface area contributed by atoms with E-state index < -0.39 is 5.54 Å². The third kappa shape index (κ3) is 3.34. The van der Waals surface area contributed by atoms with Crippen LogP contribution in [0.15, 0.2) is 53.0 Å². The first-order valence-electron chi connectivity index (χ1n) is 6.72. The zero-order valence-corrected chi connectivity index (χ0v) is 13.6. The fraction of sp³-hybridized carbons (Fsp3) is 0.235. The van der Waals surface area contributed by atoms with Crippen LogP contribution in [0, 0.1) is 6.92 Å². The molecule has 0 aromatic heterocycles. The smallest absolute Gasteiger partial charge is 0.253 e. The first-order valence-corrected chi connectivity index (χ1v) is 7.51. The Morgan fingerprint density at radius 3 is 2.48 bits per heavy atom. The van der Waals surface area contributed by atoms with E-state index in [-0.39, 0.29) is 12.5 Å². The lowest BCUT2D eigenvalue weighted by molar-refractivity contribution is 0.0848. The molecule has 0 bridgehead atoms. The Hall–Kier alpha value is -1.65. The van der Waals surface area contributed by atoms with Crippen LogP contribution in [0.1, 0.15) is 28.4 Å². The number of carbonyl (C=O) groups excluding carboxylic acids is 1. The van der Waals surface area contributed by atoms with Crippen molar-refractivity contribution in [3.63, 3.8) is 0 Å². The van der Waals surface area contributed by atoms with Gasteiger partial charge in [-0.15, -0.1) is 0 Å². The second kappa shape index (κ2) is 6.41. The Morgan fingerprint density at radius 2 is 1.86 bits per heavy atom. The van der Waals surface area contributed by atoms with Crippen LogP contribution in [-0.2, 0) is 5.54 Å². The van der Waals surface area contributed by atoms with Crippen LogP contribution in [0.25, 0.3) is 0 Å². The molecule has 21 heavy (non-hydrogen) atoms. The van der Waals surface area contributed by atoms with Crippen molar-refractivity contribution in [1.29, 1.82) is 0 Å². The van der Waals surface area contributed by atoms with Crippen LogP contribution < -0.4 is 5.32 Å². The topological polar surface area (TPSA) is 49.3 Å². The molecule has 2 N–H and O–H groups in total. The number of aliphatic hydroxyl groups excluding tert-OH is 1. The molecule has 4 heteroatoms. The van der Waals surface area contributed by atoms with Crippen LogP contribution in [-0.4, -0.2) is 17.6 Å². The Morgan fingerprint density at radius 1 is 1.19 bits per heavy atom. The lowest BCUT2D eigenvalue weighted by Crippen LogP contribution is -2.46. The first kappa shape index (κ1) is 15.7. The van der Waals surface area contributed by atoms with Gasteiger partial charge in [-0.3, -0.25) is 4.79 Å². The minimum absolute atomic E-state index is 0.174. The maximum absolute atomic E-state index is 12.5. The number of hydrogen-bond donors (Lipinski definition) is 2. The molecular formula is C17H18BrNO2. The van der Waals surface area contributed by atoms with E-state index in [0.717, 1.165) is 15.6 Å². The van der Waals surface area contributed by atoms with Gasteiger partial charge in [0.25, 0.3) is 5.91 Å². The van der Waals surface area contributed by atoms with Crippen molar-refractivity contribution in [2.45, 2.75) is 19.4 Å². The molecule has 0 saturated carbocycles. The van der Waals surface area contributed by atoms with Crippen LogP contribution in [0.4, 0.5) is 0 Å². The molecule has 1 amide bonds. The summed E-state index contributed by atoms with van der Waals surface area (Å²) in [5, 5.41) is 12.7. The van der Waals surface area contributed by atoms with Crippen molar-refractivity contribution in [2.24, 2.45) is 0 Å². The van der Waals surface area contributed by atoms with Gasteiger partial charge in [0.15, 0.2) is 0 Å². The normalized spacial score (nSPS) is 13.5. The van der Waals surface area contributed by atoms with Gasteiger partial charge < -0.3 is 10.4 Å². The molecule has 0 aliphatic carbocycles. The maximum atomic E-state index is 12.5. The van der Waals surface area contributed by atoms with Crippen molar-refractivity contribution in [3.8, 4) is 0 Å². The van der Waals surface area contributed by atoms with Gasteiger partial charge in [0.05, 0.1) is 17.7 Å². The Balaban J connectivity index is 2.30. The highest BCUT2D eigenvalue weighted by atomic mass is 79.9. The SMILES string of the molecule is Cc1cccc(C(=O)NC(C)(CO)c2ccccc2)c1Br. The molecule has 2 aromatic carbocycles. The molecule has 0 aliphatic heterocycles. The molecule has 110 valence electrons. The second-order valence-corrected chi connectivity index (χ2v) is 6.04. The molecule has 0 spiro atoms. The van der Waals surface area contributed by atoms with Crippen LogP contribution >= 0.6 is 15.9 Å². The molecule has 2 rings (SSSR count). The Labute approximate surface area is 133 Å². The predicted octanol–water partition coefficient (Wildman–Crippen LogP) is 3.40. The number of aryl methyl sites for hydroxylation is 1. The number of carbonyl (C=O) groups is 1. The van der Waals surface area contributed by atoms with Crippen molar-refractivity contribution >= 4 is 21.8 Å². The van der Waals surface area contributed by atoms with E-state index in [0.29, 0.717) is 5.56 Å². The van der Waals surface area contributed by atoms with E-state index in [1.165, 1.54) is 0 Å². The largest absolute Gasteiger partial charge is 0.394 e. The molecule has 0 heterocycles. The number of benzene rings is 2. The summed E-state index contributed by atoms with van der Waals surface area (Å²) in [6, 6.07) is 15.0. The number of rotatable bonds is 4. The van der Waals surface area contributed by atoms with Gasteiger partial charge in [-0.05, 0) is 47.0 Å². The van der Waals surface area contributed by atoms with Crippen molar-refractivity contribution in [1.82, 2.24) is 5.32 Å². The lowest BCUT2D eigenvalue weighted by Gasteiger charge is -2.29. The molecule has 0 aliphatic rings. The minimum Gasteiger partial charge on any atom is -0.394 e. The fourth-order valence-electron chi connectivity index (χ4n) is 2.15. The molecule has 1 unspecified atom stereocenters. The van der Waals surface area contributed by atoms with E-state index in [4.69, 9.17) is 0 Å². The van der Waals surface area contributed by atoms with Gasteiger partial charge in [-0.25, -0.2) is 0 Å². The summed E-state index contributed by atoms with van der Waals surface area (Å²) in [7, 11) is 0. The highest BCUT2D eigenvalue weighted by Crippen LogP contribution is 2.24. The molecular weight excluding hydrogens is 330 g/mol. The number of hydrogen-bond acceptors (Lipinski definition) is 2. The molecule has 3 nitrogen and oxygen atoms in total. The number of halogens is 1. The molecule has 1 atom stereocenters. The number of nitrogens with one attached hydrogen (secondary N) is 1. The van der Waals surface area contributed by atoms with E-state index in [1.54, 1.807) is 6.07 Å². The van der Waals surface area contributed by atoms with E-state index in [2.05, 4.69) is 21.2 Å². The van der Waals surface area contributed by atoms with Crippen molar-refractivity contribution in [2.75, 3.05) is 6.61 Å². The van der Waals surface area contributed by atoms with Crippen molar-refractivity contribution in [3.05, 3.63) is 69.7 Å². The van der Waals surface area contributed by atoms with E-state index >= 15 is 0 Å². The number of amides is 1. The Kier molecular flexibility index (Phi) is 4.80. The third-order valence-electron chi connectivity index (χ3n) is 3.55. The van der Waals surface area contributed by atoms with Gasteiger partial charge in [0.2, 0.25) is 0 Å². The van der Waals surface area contributed by atoms with Gasteiger partial charge in [-0.1, -0.05) is 42.5 Å².